The maximum Gasteiger partial charge on any atom is 0.0729 e. The van der Waals surface area contributed by atoms with E-state index < -0.39 is 0 Å². The van der Waals surface area contributed by atoms with Crippen LogP contribution in [0.15, 0.2) is 60.4 Å². The Morgan fingerprint density at radius 1 is 1.04 bits per heavy atom. The lowest BCUT2D eigenvalue weighted by atomic mass is 9.85. The zero-order valence-corrected chi connectivity index (χ0v) is 15.5. The molecule has 0 amide bonds. The first-order valence-corrected chi connectivity index (χ1v) is 10.0. The third-order valence-electron chi connectivity index (χ3n) is 5.61. The third kappa shape index (κ3) is 2.81. The predicted octanol–water partition coefficient (Wildman–Crippen LogP) is 3.70. The summed E-state index contributed by atoms with van der Waals surface area (Å²) in [6, 6.07) is 12.9. The number of fused-ring (bicyclic) bond motifs is 2. The Morgan fingerprint density at radius 2 is 2.00 bits per heavy atom. The second-order valence-electron chi connectivity index (χ2n) is 7.41. The van der Waals surface area contributed by atoms with Crippen LogP contribution in [0.2, 0.25) is 0 Å². The van der Waals surface area contributed by atoms with Gasteiger partial charge in [-0.3, -0.25) is 14.9 Å². The first-order valence-electron chi connectivity index (χ1n) is 9.17. The molecule has 0 aliphatic carbocycles. The normalized spacial score (nSPS) is 22.2. The lowest BCUT2D eigenvalue weighted by Crippen LogP contribution is -2.36. The van der Waals surface area contributed by atoms with Gasteiger partial charge in [0.05, 0.1) is 11.4 Å². The molecule has 1 fully saturated rings. The van der Waals surface area contributed by atoms with E-state index in [0.717, 1.165) is 32.7 Å². The lowest BCUT2D eigenvalue weighted by Gasteiger charge is -2.25. The van der Waals surface area contributed by atoms with Gasteiger partial charge in [-0.05, 0) is 48.2 Å². The fraction of sp³-hybridized carbons (Fsp3) is 0.333. The topological polar surface area (TPSA) is 32.3 Å². The van der Waals surface area contributed by atoms with Gasteiger partial charge in [-0.25, -0.2) is 0 Å². The summed E-state index contributed by atoms with van der Waals surface area (Å²) in [6.45, 7) is 5.26. The van der Waals surface area contributed by atoms with Gasteiger partial charge >= 0.3 is 0 Å². The van der Waals surface area contributed by atoms with Crippen molar-refractivity contribution in [3.63, 3.8) is 0 Å². The van der Waals surface area contributed by atoms with E-state index in [2.05, 4.69) is 50.5 Å². The zero-order chi connectivity index (χ0) is 17.4. The molecule has 5 heteroatoms. The standard InChI is InChI=1S/C21H22N4S/c1-4-17(12-22-8-1)13-25-16-21(20-19(25)6-2-9-23-20)7-10-24(15-21)14-18-5-3-11-26-18/h1-6,8-9,11-12H,7,10,13-16H2/t21-/m1/s1. The molecule has 1 atom stereocenters. The average Bonchev–Trinajstić information content (AvgIpc) is 3.39. The number of hydrogen-bond donors (Lipinski definition) is 0. The molecule has 3 aromatic heterocycles. The largest absolute Gasteiger partial charge is 0.365 e. The van der Waals surface area contributed by atoms with Gasteiger partial charge in [-0.1, -0.05) is 12.1 Å². The van der Waals surface area contributed by atoms with Gasteiger partial charge in [0.25, 0.3) is 0 Å². The Labute approximate surface area is 158 Å². The van der Waals surface area contributed by atoms with Gasteiger partial charge in [-0.15, -0.1) is 11.3 Å². The fourth-order valence-corrected chi connectivity index (χ4v) is 5.22. The summed E-state index contributed by atoms with van der Waals surface area (Å²) in [5.41, 5.74) is 4.01. The van der Waals surface area contributed by atoms with Crippen molar-refractivity contribution in [2.45, 2.75) is 24.9 Å². The number of hydrogen-bond acceptors (Lipinski definition) is 5. The molecule has 0 unspecified atom stereocenters. The van der Waals surface area contributed by atoms with Gasteiger partial charge < -0.3 is 4.90 Å². The number of nitrogens with zero attached hydrogens (tertiary/aromatic N) is 4. The minimum Gasteiger partial charge on any atom is -0.365 e. The summed E-state index contributed by atoms with van der Waals surface area (Å²) in [4.78, 5) is 15.7. The SMILES string of the molecule is c1cncc(CN2C[C@]3(CCN(Cc4cccs4)C3)c3ncccc32)c1. The molecule has 132 valence electrons. The Kier molecular flexibility index (Phi) is 3.98. The van der Waals surface area contributed by atoms with Crippen LogP contribution in [0.5, 0.6) is 0 Å². The maximum absolute atomic E-state index is 4.84. The molecule has 0 saturated carbocycles. The van der Waals surface area contributed by atoms with Gasteiger partial charge in [0, 0.05) is 55.1 Å². The fourth-order valence-electron chi connectivity index (χ4n) is 4.48. The summed E-state index contributed by atoms with van der Waals surface area (Å²) in [5.74, 6) is 0. The van der Waals surface area contributed by atoms with Gasteiger partial charge in [-0.2, -0.15) is 0 Å². The molecule has 2 aliphatic rings. The maximum atomic E-state index is 4.84. The van der Waals surface area contributed by atoms with Gasteiger partial charge in [0.2, 0.25) is 0 Å². The average molecular weight is 363 g/mol. The molecule has 0 bridgehead atoms. The predicted molar refractivity (Wildman–Crippen MR) is 105 cm³/mol. The molecule has 0 aromatic carbocycles. The van der Waals surface area contributed by atoms with Gasteiger partial charge in [0.1, 0.15) is 0 Å². The zero-order valence-electron chi connectivity index (χ0n) is 14.7. The van der Waals surface area contributed by atoms with Crippen LogP contribution >= 0.6 is 11.3 Å². The van der Waals surface area contributed by atoms with Crippen LogP contribution < -0.4 is 4.90 Å². The van der Waals surface area contributed by atoms with Crippen molar-refractivity contribution < 1.29 is 0 Å². The van der Waals surface area contributed by atoms with E-state index >= 15 is 0 Å². The first-order chi connectivity index (χ1) is 12.8. The van der Waals surface area contributed by atoms with Crippen molar-refractivity contribution in [2.75, 3.05) is 24.5 Å². The number of aromatic nitrogens is 2. The summed E-state index contributed by atoms with van der Waals surface area (Å²) in [6.07, 6.45) is 6.95. The highest BCUT2D eigenvalue weighted by atomic mass is 32.1. The lowest BCUT2D eigenvalue weighted by molar-refractivity contribution is 0.307. The van der Waals surface area contributed by atoms with E-state index in [9.17, 15) is 0 Å². The van der Waals surface area contributed by atoms with Crippen LogP contribution in [0.1, 0.15) is 22.6 Å². The molecule has 2 aliphatic heterocycles. The van der Waals surface area contributed by atoms with E-state index in [4.69, 9.17) is 4.98 Å². The molecule has 1 spiro atoms. The van der Waals surface area contributed by atoms with E-state index in [0.29, 0.717) is 0 Å². The van der Waals surface area contributed by atoms with Crippen LogP contribution in [0.3, 0.4) is 0 Å². The highest BCUT2D eigenvalue weighted by molar-refractivity contribution is 7.09. The molecular formula is C21H22N4S. The van der Waals surface area contributed by atoms with Crippen LogP contribution in [0, 0.1) is 0 Å². The van der Waals surface area contributed by atoms with Gasteiger partial charge in [0.15, 0.2) is 0 Å². The molecule has 4 nitrogen and oxygen atoms in total. The smallest absolute Gasteiger partial charge is 0.0729 e. The molecule has 3 aromatic rings. The number of thiophene rings is 1. The monoisotopic (exact) mass is 362 g/mol. The summed E-state index contributed by atoms with van der Waals surface area (Å²) in [7, 11) is 0. The molecular weight excluding hydrogens is 340 g/mol. The van der Waals surface area contributed by atoms with Crippen molar-refractivity contribution in [1.29, 1.82) is 0 Å². The number of anilines is 1. The first kappa shape index (κ1) is 16.0. The Balaban J connectivity index is 1.40. The van der Waals surface area contributed by atoms with E-state index in [-0.39, 0.29) is 5.41 Å². The highest BCUT2D eigenvalue weighted by Gasteiger charge is 2.48. The van der Waals surface area contributed by atoms with Crippen LogP contribution in [-0.4, -0.2) is 34.5 Å². The summed E-state index contributed by atoms with van der Waals surface area (Å²) >= 11 is 1.85. The number of likely N-dealkylation sites (tertiary alicyclic amines) is 1. The van der Waals surface area contributed by atoms with E-state index in [1.165, 1.54) is 28.2 Å². The minimum absolute atomic E-state index is 0.163. The van der Waals surface area contributed by atoms with Crippen molar-refractivity contribution in [2.24, 2.45) is 0 Å². The summed E-state index contributed by atoms with van der Waals surface area (Å²) < 4.78 is 0. The molecule has 0 radical (unpaired) electrons. The molecule has 5 heterocycles. The molecule has 5 rings (SSSR count). The van der Waals surface area contributed by atoms with Crippen molar-refractivity contribution in [3.05, 3.63) is 76.5 Å². The second kappa shape index (κ2) is 6.49. The number of pyridine rings is 2. The molecule has 0 N–H and O–H groups in total. The van der Waals surface area contributed by atoms with Crippen molar-refractivity contribution in [1.82, 2.24) is 14.9 Å². The van der Waals surface area contributed by atoms with Crippen molar-refractivity contribution >= 4 is 17.0 Å². The van der Waals surface area contributed by atoms with E-state index in [1.807, 2.05) is 36.0 Å². The van der Waals surface area contributed by atoms with E-state index in [1.54, 1.807) is 0 Å². The van der Waals surface area contributed by atoms with Crippen LogP contribution in [-0.2, 0) is 18.5 Å². The molecule has 1 saturated heterocycles. The number of rotatable bonds is 4. The Bertz CT molecular complexity index is 880. The third-order valence-corrected chi connectivity index (χ3v) is 6.47. The summed E-state index contributed by atoms with van der Waals surface area (Å²) in [5, 5.41) is 2.17. The van der Waals surface area contributed by atoms with Crippen LogP contribution in [0.4, 0.5) is 5.69 Å². The Morgan fingerprint density at radius 3 is 2.85 bits per heavy atom. The highest BCUT2D eigenvalue weighted by Crippen LogP contribution is 2.45. The Hall–Kier alpha value is -2.24. The molecule has 26 heavy (non-hydrogen) atoms. The second-order valence-corrected chi connectivity index (χ2v) is 8.44. The van der Waals surface area contributed by atoms with Crippen molar-refractivity contribution in [3.8, 4) is 0 Å². The minimum atomic E-state index is 0.163. The van der Waals surface area contributed by atoms with Crippen LogP contribution in [0.25, 0.3) is 0 Å². The quantitative estimate of drug-likeness (QED) is 0.708.